The van der Waals surface area contributed by atoms with Crippen LogP contribution in [0.1, 0.15) is 355 Å². The van der Waals surface area contributed by atoms with E-state index < -0.39 is 0 Å². The van der Waals surface area contributed by atoms with Gasteiger partial charge in [0.25, 0.3) is 0 Å². The summed E-state index contributed by atoms with van der Waals surface area (Å²) in [7, 11) is 0. The maximum atomic E-state index is 12.4. The Morgan fingerprint density at radius 3 is 0.688 bits per heavy atom. The van der Waals surface area contributed by atoms with Crippen LogP contribution in [-0.4, -0.2) is 98.5 Å². The van der Waals surface area contributed by atoms with Crippen molar-refractivity contribution in [2.75, 3.05) is 65.7 Å². The SMILES string of the molecule is CCCCCCCCCCCCCOC(=O)CCCCCCCN(CCO)CCCN(CCCCCCCC(=O)OCCCCCCCCCCCCC)CCCCCCCC(=O)OCCCCCCCCCCCCC. The normalized spacial score (nSPS) is 11.6. The number of hydrogen-bond donors (Lipinski definition) is 1. The third-order valence-electron chi connectivity index (χ3n) is 16.0. The number of carbonyl (C=O) groups excluding carboxylic acids is 3. The van der Waals surface area contributed by atoms with Gasteiger partial charge in [-0.15, -0.1) is 0 Å². The van der Waals surface area contributed by atoms with Crippen molar-refractivity contribution < 1.29 is 33.7 Å². The molecule has 0 amide bonds. The minimum atomic E-state index is -0.0298. The van der Waals surface area contributed by atoms with E-state index >= 15 is 0 Å². The number of aliphatic hydroxyl groups is 1. The van der Waals surface area contributed by atoms with Crippen LogP contribution in [0.25, 0.3) is 0 Å². The second kappa shape index (κ2) is 65.1. The van der Waals surface area contributed by atoms with Gasteiger partial charge in [-0.05, 0) is 96.9 Å². The van der Waals surface area contributed by atoms with Gasteiger partial charge < -0.3 is 29.1 Å². The van der Waals surface area contributed by atoms with E-state index in [2.05, 4.69) is 30.6 Å². The summed E-state index contributed by atoms with van der Waals surface area (Å²) in [6.07, 6.45) is 62.2. The predicted octanol–water partition coefficient (Wildman–Crippen LogP) is 19.6. The third-order valence-corrected chi connectivity index (χ3v) is 16.0. The van der Waals surface area contributed by atoms with Gasteiger partial charge in [0, 0.05) is 25.8 Å². The van der Waals surface area contributed by atoms with Crippen molar-refractivity contribution in [3.8, 4) is 0 Å². The van der Waals surface area contributed by atoms with Gasteiger partial charge in [0.15, 0.2) is 0 Å². The molecule has 0 aromatic carbocycles. The van der Waals surface area contributed by atoms with Crippen molar-refractivity contribution in [3.05, 3.63) is 0 Å². The summed E-state index contributed by atoms with van der Waals surface area (Å²) in [5.74, 6) is -0.0723. The molecule has 0 aliphatic carbocycles. The number of unbranched alkanes of at least 4 members (excludes halogenated alkanes) is 42. The lowest BCUT2D eigenvalue weighted by Crippen LogP contribution is -2.33. The van der Waals surface area contributed by atoms with Gasteiger partial charge in [0.2, 0.25) is 0 Å². The van der Waals surface area contributed by atoms with Crippen LogP contribution < -0.4 is 0 Å². The third kappa shape index (κ3) is 61.8. The maximum absolute atomic E-state index is 12.4. The maximum Gasteiger partial charge on any atom is 0.305 e. The van der Waals surface area contributed by atoms with Crippen LogP contribution in [0.3, 0.4) is 0 Å². The highest BCUT2D eigenvalue weighted by Gasteiger charge is 2.11. The summed E-state index contributed by atoms with van der Waals surface area (Å²) >= 11 is 0. The molecule has 458 valence electrons. The van der Waals surface area contributed by atoms with Crippen LogP contribution in [0.2, 0.25) is 0 Å². The van der Waals surface area contributed by atoms with Gasteiger partial charge in [0.05, 0.1) is 26.4 Å². The topological polar surface area (TPSA) is 106 Å². The summed E-state index contributed by atoms with van der Waals surface area (Å²) in [5.41, 5.74) is 0. The zero-order chi connectivity index (χ0) is 55.8. The average molecular weight is 1090 g/mol. The van der Waals surface area contributed by atoms with E-state index in [0.29, 0.717) is 39.1 Å². The lowest BCUT2D eigenvalue weighted by atomic mass is 10.1. The minimum absolute atomic E-state index is 0.0213. The van der Waals surface area contributed by atoms with Gasteiger partial charge in [-0.2, -0.15) is 0 Å². The van der Waals surface area contributed by atoms with Crippen molar-refractivity contribution >= 4 is 17.9 Å². The summed E-state index contributed by atoms with van der Waals surface area (Å²) in [6, 6.07) is 0. The molecule has 0 atom stereocenters. The summed E-state index contributed by atoms with van der Waals surface area (Å²) in [4.78, 5) is 42.1. The van der Waals surface area contributed by atoms with Crippen LogP contribution in [0.15, 0.2) is 0 Å². The molecule has 0 bridgehead atoms. The number of aliphatic hydroxyl groups excluding tert-OH is 1. The highest BCUT2D eigenvalue weighted by molar-refractivity contribution is 5.69. The molecule has 0 radical (unpaired) electrons. The molecular formula is C68H134N2O7. The van der Waals surface area contributed by atoms with Crippen LogP contribution in [0.4, 0.5) is 0 Å². The second-order valence-electron chi connectivity index (χ2n) is 23.6. The molecule has 1 N–H and O–H groups in total. The number of esters is 3. The number of nitrogens with zero attached hydrogens (tertiary/aromatic N) is 2. The fraction of sp³-hybridized carbons (Fsp3) is 0.956. The van der Waals surface area contributed by atoms with E-state index in [0.717, 1.165) is 136 Å². The molecule has 0 aliphatic heterocycles. The van der Waals surface area contributed by atoms with Crippen molar-refractivity contribution in [1.29, 1.82) is 0 Å². The first-order valence-electron chi connectivity index (χ1n) is 34.5. The Morgan fingerprint density at radius 2 is 0.442 bits per heavy atom. The van der Waals surface area contributed by atoms with Gasteiger partial charge in [-0.3, -0.25) is 14.4 Å². The van der Waals surface area contributed by atoms with Crippen LogP contribution in [0, 0.1) is 0 Å². The molecule has 0 aromatic rings. The molecule has 0 rings (SSSR count). The van der Waals surface area contributed by atoms with Gasteiger partial charge in [-0.25, -0.2) is 0 Å². The minimum Gasteiger partial charge on any atom is -0.466 e. The molecule has 9 nitrogen and oxygen atoms in total. The molecule has 0 saturated carbocycles. The predicted molar refractivity (Wildman–Crippen MR) is 330 cm³/mol. The fourth-order valence-electron chi connectivity index (χ4n) is 10.8. The van der Waals surface area contributed by atoms with Crippen LogP contribution in [0.5, 0.6) is 0 Å². The molecule has 0 saturated heterocycles. The first-order chi connectivity index (χ1) is 38.0. The number of rotatable bonds is 66. The molecule has 0 aliphatic rings. The number of ether oxygens (including phenoxy) is 3. The Kier molecular flexibility index (Phi) is 63.7. The van der Waals surface area contributed by atoms with E-state index in [1.807, 2.05) is 0 Å². The van der Waals surface area contributed by atoms with Crippen molar-refractivity contribution in [1.82, 2.24) is 9.80 Å². The molecule has 77 heavy (non-hydrogen) atoms. The second-order valence-corrected chi connectivity index (χ2v) is 23.6. The highest BCUT2D eigenvalue weighted by Crippen LogP contribution is 2.17. The lowest BCUT2D eigenvalue weighted by Gasteiger charge is -2.26. The molecule has 9 heteroatoms. The Hall–Kier alpha value is -1.71. The fourth-order valence-corrected chi connectivity index (χ4v) is 10.8. The first-order valence-corrected chi connectivity index (χ1v) is 34.5. The Morgan fingerprint density at radius 1 is 0.247 bits per heavy atom. The van der Waals surface area contributed by atoms with E-state index in [1.165, 1.54) is 218 Å². The molecule has 0 aromatic heterocycles. The van der Waals surface area contributed by atoms with Crippen LogP contribution >= 0.6 is 0 Å². The van der Waals surface area contributed by atoms with E-state index in [9.17, 15) is 19.5 Å². The average Bonchev–Trinajstić information content (AvgIpc) is 3.42. The van der Waals surface area contributed by atoms with Gasteiger partial charge in [0.1, 0.15) is 0 Å². The monoisotopic (exact) mass is 1090 g/mol. The Bertz CT molecular complexity index is 1130. The molecular weight excluding hydrogens is 957 g/mol. The number of carbonyl (C=O) groups is 3. The van der Waals surface area contributed by atoms with Crippen molar-refractivity contribution in [2.24, 2.45) is 0 Å². The standard InChI is InChI=1S/C68H134N2O7/c1-4-7-10-13-16-19-22-25-28-40-49-63-75-66(72)53-43-34-31-37-46-56-69(57-47-38-32-35-44-54-67(73)76-64-50-41-29-26-23-20-17-14-11-8-5-2)59-52-60-70(61-62-71)58-48-39-33-36-45-55-68(74)77-65-51-42-30-27-24-21-18-15-12-9-6-3/h71H,4-65H2,1-3H3. The zero-order valence-electron chi connectivity index (χ0n) is 52.1. The summed E-state index contributed by atoms with van der Waals surface area (Å²) in [6.45, 7) is 14.8. The highest BCUT2D eigenvalue weighted by atomic mass is 16.5. The summed E-state index contributed by atoms with van der Waals surface area (Å²) in [5, 5.41) is 9.88. The Labute approximate surface area is 479 Å². The van der Waals surface area contributed by atoms with E-state index in [-0.39, 0.29) is 24.5 Å². The van der Waals surface area contributed by atoms with Crippen molar-refractivity contribution in [2.45, 2.75) is 355 Å². The lowest BCUT2D eigenvalue weighted by molar-refractivity contribution is -0.144. The molecule has 0 fully saturated rings. The first kappa shape index (κ1) is 75.3. The summed E-state index contributed by atoms with van der Waals surface area (Å²) < 4.78 is 16.6. The number of hydrogen-bond acceptors (Lipinski definition) is 9. The molecule has 0 unspecified atom stereocenters. The molecule has 0 heterocycles. The van der Waals surface area contributed by atoms with Crippen molar-refractivity contribution in [3.63, 3.8) is 0 Å². The Balaban J connectivity index is 4.43. The zero-order valence-corrected chi connectivity index (χ0v) is 52.1. The smallest absolute Gasteiger partial charge is 0.305 e. The van der Waals surface area contributed by atoms with E-state index in [4.69, 9.17) is 14.2 Å². The quantitative estimate of drug-likeness (QED) is 0.0362. The van der Waals surface area contributed by atoms with E-state index in [1.54, 1.807) is 0 Å². The van der Waals surface area contributed by atoms with Gasteiger partial charge >= 0.3 is 17.9 Å². The largest absolute Gasteiger partial charge is 0.466 e. The van der Waals surface area contributed by atoms with Crippen LogP contribution in [-0.2, 0) is 28.6 Å². The molecule has 0 spiro atoms. The van der Waals surface area contributed by atoms with Gasteiger partial charge in [-0.1, -0.05) is 271 Å².